The van der Waals surface area contributed by atoms with Gasteiger partial charge in [0.15, 0.2) is 11.5 Å². The van der Waals surface area contributed by atoms with Gasteiger partial charge in [-0.1, -0.05) is 35.9 Å². The highest BCUT2D eigenvalue weighted by atomic mass is 35.5. The molecule has 0 saturated carbocycles. The number of rotatable bonds is 2. The van der Waals surface area contributed by atoms with Crippen LogP contribution in [-0.2, 0) is 0 Å². The summed E-state index contributed by atoms with van der Waals surface area (Å²) in [4.78, 5) is 4.38. The van der Waals surface area contributed by atoms with E-state index >= 15 is 0 Å². The number of hydrogen-bond donors (Lipinski definition) is 0. The second-order valence-electron chi connectivity index (χ2n) is 5.41. The van der Waals surface area contributed by atoms with E-state index in [2.05, 4.69) is 16.2 Å². The van der Waals surface area contributed by atoms with Crippen molar-refractivity contribution in [2.45, 2.75) is 0 Å². The third kappa shape index (κ3) is 2.63. The predicted molar refractivity (Wildman–Crippen MR) is 93.5 cm³/mol. The van der Waals surface area contributed by atoms with Crippen LogP contribution in [0.2, 0.25) is 5.02 Å². The number of aromatic nitrogens is 3. The molecule has 0 atom stereocenters. The number of halogens is 2. The Bertz CT molecular complexity index is 1130. The highest BCUT2D eigenvalue weighted by Crippen LogP contribution is 2.28. The topological polar surface area (TPSA) is 54.0 Å². The van der Waals surface area contributed by atoms with Crippen molar-refractivity contribution < 1.29 is 4.39 Å². The highest BCUT2D eigenvalue weighted by molar-refractivity contribution is 6.30. The van der Waals surface area contributed by atoms with E-state index in [1.165, 1.54) is 10.6 Å². The van der Waals surface area contributed by atoms with Crippen LogP contribution in [0.15, 0.2) is 60.8 Å². The lowest BCUT2D eigenvalue weighted by molar-refractivity contribution is 0.630. The average molecular weight is 349 g/mol. The molecule has 2 aromatic heterocycles. The molecular weight excluding hydrogens is 339 g/mol. The van der Waals surface area contributed by atoms with Crippen molar-refractivity contribution in [1.29, 1.82) is 5.26 Å². The summed E-state index contributed by atoms with van der Waals surface area (Å²) in [5, 5.41) is 14.5. The maximum Gasteiger partial charge on any atom is 0.185 e. The molecule has 0 saturated heterocycles. The van der Waals surface area contributed by atoms with Gasteiger partial charge in [0.1, 0.15) is 17.4 Å². The third-order valence-corrected chi connectivity index (χ3v) is 4.14. The van der Waals surface area contributed by atoms with E-state index in [1.54, 1.807) is 42.6 Å². The van der Waals surface area contributed by atoms with E-state index < -0.39 is 5.82 Å². The van der Waals surface area contributed by atoms with Crippen molar-refractivity contribution in [3.63, 3.8) is 0 Å². The van der Waals surface area contributed by atoms with Crippen LogP contribution in [0.3, 0.4) is 0 Å². The first-order chi connectivity index (χ1) is 12.2. The fourth-order valence-electron chi connectivity index (χ4n) is 2.68. The number of nitrogens with zero attached hydrogens (tertiary/aromatic N) is 4. The van der Waals surface area contributed by atoms with Gasteiger partial charge in [-0.2, -0.15) is 5.26 Å². The molecule has 0 aliphatic carbocycles. The fraction of sp³-hybridized carbons (Fsp3) is 0. The van der Waals surface area contributed by atoms with Crippen LogP contribution >= 0.6 is 11.6 Å². The fourth-order valence-corrected chi connectivity index (χ4v) is 2.81. The van der Waals surface area contributed by atoms with Crippen molar-refractivity contribution >= 4 is 17.2 Å². The van der Waals surface area contributed by atoms with Gasteiger partial charge >= 0.3 is 0 Å². The second-order valence-corrected chi connectivity index (χ2v) is 5.84. The number of nitriles is 1. The Morgan fingerprint density at radius 1 is 1.00 bits per heavy atom. The summed E-state index contributed by atoms with van der Waals surface area (Å²) in [7, 11) is 0. The van der Waals surface area contributed by atoms with Crippen LogP contribution in [0, 0.1) is 17.1 Å². The Labute approximate surface area is 147 Å². The lowest BCUT2D eigenvalue weighted by atomic mass is 10.0. The van der Waals surface area contributed by atoms with E-state index in [1.807, 2.05) is 12.1 Å². The van der Waals surface area contributed by atoms with Crippen molar-refractivity contribution in [3.05, 3.63) is 77.2 Å². The van der Waals surface area contributed by atoms with Gasteiger partial charge in [0, 0.05) is 16.8 Å². The molecule has 25 heavy (non-hydrogen) atoms. The van der Waals surface area contributed by atoms with Gasteiger partial charge in [-0.25, -0.2) is 13.9 Å². The molecule has 0 bridgehead atoms. The van der Waals surface area contributed by atoms with Crippen LogP contribution < -0.4 is 0 Å². The van der Waals surface area contributed by atoms with Crippen LogP contribution in [0.4, 0.5) is 4.39 Å². The minimum atomic E-state index is -0.408. The second kappa shape index (κ2) is 6.00. The monoisotopic (exact) mass is 348 g/mol. The molecule has 4 aromatic rings. The normalized spacial score (nSPS) is 10.8. The molecule has 6 heteroatoms. The minimum Gasteiger partial charge on any atom is -0.219 e. The molecule has 0 amide bonds. The molecule has 0 spiro atoms. The van der Waals surface area contributed by atoms with Gasteiger partial charge in [-0.15, -0.1) is 5.10 Å². The zero-order valence-electron chi connectivity index (χ0n) is 12.8. The van der Waals surface area contributed by atoms with Crippen LogP contribution in [0.5, 0.6) is 0 Å². The lowest BCUT2D eigenvalue weighted by Gasteiger charge is -2.05. The van der Waals surface area contributed by atoms with E-state index in [-0.39, 0.29) is 5.82 Å². The van der Waals surface area contributed by atoms with Gasteiger partial charge in [-0.3, -0.25) is 0 Å². The summed E-state index contributed by atoms with van der Waals surface area (Å²) in [6.45, 7) is 0. The molecule has 2 heterocycles. The standard InChI is InChI=1S/C19H10ClFN4/c20-13-7-5-12(6-8-13)14-9-10-25-19(16(14)11-22)23-18(24-25)15-3-1-2-4-17(15)21/h1-10H. The van der Waals surface area contributed by atoms with Crippen LogP contribution in [0.25, 0.3) is 28.2 Å². The summed E-state index contributed by atoms with van der Waals surface area (Å²) < 4.78 is 15.5. The summed E-state index contributed by atoms with van der Waals surface area (Å²) in [6.07, 6.45) is 1.71. The zero-order valence-corrected chi connectivity index (χ0v) is 13.6. The maximum atomic E-state index is 14.0. The van der Waals surface area contributed by atoms with E-state index in [9.17, 15) is 9.65 Å². The molecule has 0 radical (unpaired) electrons. The van der Waals surface area contributed by atoms with E-state index in [4.69, 9.17) is 11.6 Å². The number of fused-ring (bicyclic) bond motifs is 1. The molecule has 4 nitrogen and oxygen atoms in total. The van der Waals surface area contributed by atoms with Gasteiger partial charge in [0.25, 0.3) is 0 Å². The molecule has 0 aliphatic rings. The SMILES string of the molecule is N#Cc1c(-c2ccc(Cl)cc2)ccn2nc(-c3ccccc3F)nc12. The van der Waals surface area contributed by atoms with Gasteiger partial charge in [-0.05, 0) is 35.9 Å². The molecule has 0 aliphatic heterocycles. The number of pyridine rings is 1. The predicted octanol–water partition coefficient (Wildman–Crippen LogP) is 4.73. The largest absolute Gasteiger partial charge is 0.219 e. The van der Waals surface area contributed by atoms with Crippen molar-refractivity contribution in [2.75, 3.05) is 0 Å². The first kappa shape index (κ1) is 15.3. The van der Waals surface area contributed by atoms with Gasteiger partial charge < -0.3 is 0 Å². The van der Waals surface area contributed by atoms with Gasteiger partial charge in [0.05, 0.1) is 5.56 Å². The zero-order chi connectivity index (χ0) is 17.4. The van der Waals surface area contributed by atoms with Crippen molar-refractivity contribution in [3.8, 4) is 28.6 Å². The molecule has 2 aromatic carbocycles. The summed E-state index contributed by atoms with van der Waals surface area (Å²) in [6, 6.07) is 17.4. The quantitative estimate of drug-likeness (QED) is 0.526. The highest BCUT2D eigenvalue weighted by Gasteiger charge is 2.16. The maximum absolute atomic E-state index is 14.0. The van der Waals surface area contributed by atoms with Crippen LogP contribution in [-0.4, -0.2) is 14.6 Å². The summed E-state index contributed by atoms with van der Waals surface area (Å²) in [5.74, 6) is -0.169. The Morgan fingerprint density at radius 3 is 2.48 bits per heavy atom. The Balaban J connectivity index is 1.93. The number of hydrogen-bond acceptors (Lipinski definition) is 3. The Hall–Kier alpha value is -3.23. The first-order valence-electron chi connectivity index (χ1n) is 7.47. The smallest absolute Gasteiger partial charge is 0.185 e. The van der Waals surface area contributed by atoms with E-state index in [0.29, 0.717) is 21.8 Å². The molecule has 0 unspecified atom stereocenters. The molecular formula is C19H10ClFN4. The van der Waals surface area contributed by atoms with E-state index in [0.717, 1.165) is 11.1 Å². The van der Waals surface area contributed by atoms with Crippen molar-refractivity contribution in [1.82, 2.24) is 14.6 Å². The first-order valence-corrected chi connectivity index (χ1v) is 7.85. The molecule has 4 rings (SSSR count). The summed E-state index contributed by atoms with van der Waals surface area (Å²) >= 11 is 5.93. The van der Waals surface area contributed by atoms with Crippen molar-refractivity contribution in [2.24, 2.45) is 0 Å². The molecule has 0 fully saturated rings. The third-order valence-electron chi connectivity index (χ3n) is 3.89. The molecule has 0 N–H and O–H groups in total. The average Bonchev–Trinajstić information content (AvgIpc) is 3.06. The minimum absolute atomic E-state index is 0.239. The lowest BCUT2D eigenvalue weighted by Crippen LogP contribution is -1.93. The molecule has 120 valence electrons. The summed E-state index contributed by atoms with van der Waals surface area (Å²) in [5.41, 5.74) is 2.62. The number of benzene rings is 2. The Kier molecular flexibility index (Phi) is 3.68. The van der Waals surface area contributed by atoms with Crippen LogP contribution in [0.1, 0.15) is 5.56 Å². The van der Waals surface area contributed by atoms with Gasteiger partial charge in [0.2, 0.25) is 0 Å². The Morgan fingerprint density at radius 2 is 1.76 bits per heavy atom.